The van der Waals surface area contributed by atoms with Gasteiger partial charge in [-0.3, -0.25) is 4.79 Å². The maximum absolute atomic E-state index is 10.5. The van der Waals surface area contributed by atoms with Crippen LogP contribution in [0.1, 0.15) is 6.92 Å². The van der Waals surface area contributed by atoms with Crippen molar-refractivity contribution in [1.29, 1.82) is 0 Å². The molecule has 0 saturated heterocycles. The quantitative estimate of drug-likeness (QED) is 0.179. The number of carbonyl (C=O) groups excluding carboxylic acids is 1. The van der Waals surface area contributed by atoms with Crippen molar-refractivity contribution < 1.29 is 38.0 Å². The zero-order chi connectivity index (χ0) is 18.4. The topological polar surface area (TPSA) is 81.7 Å². The van der Waals surface area contributed by atoms with Crippen molar-refractivity contribution >= 4 is 5.97 Å². The van der Waals surface area contributed by atoms with Crippen LogP contribution in [-0.4, -0.2) is 91.9 Å². The first-order valence-electron chi connectivity index (χ1n) is 8.48. The Morgan fingerprint density at radius 2 is 0.960 bits per heavy atom. The van der Waals surface area contributed by atoms with E-state index in [-0.39, 0.29) is 12.6 Å². The van der Waals surface area contributed by atoms with Crippen LogP contribution in [0.15, 0.2) is 12.7 Å². The van der Waals surface area contributed by atoms with Crippen LogP contribution < -0.4 is 0 Å². The van der Waals surface area contributed by atoms with Gasteiger partial charge in [0.2, 0.25) is 0 Å². The molecule has 0 radical (unpaired) electrons. The number of carbonyl (C=O) groups is 1. The van der Waals surface area contributed by atoms with Gasteiger partial charge < -0.3 is 33.2 Å². The van der Waals surface area contributed by atoms with Gasteiger partial charge in [-0.1, -0.05) is 6.08 Å². The molecule has 8 nitrogen and oxygen atoms in total. The van der Waals surface area contributed by atoms with E-state index in [1.54, 1.807) is 6.08 Å². The van der Waals surface area contributed by atoms with Crippen LogP contribution in [0.2, 0.25) is 0 Å². The molecule has 0 saturated carbocycles. The summed E-state index contributed by atoms with van der Waals surface area (Å²) in [6.45, 7) is 11.3. The minimum Gasteiger partial charge on any atom is -0.463 e. The lowest BCUT2D eigenvalue weighted by Gasteiger charge is -2.08. The molecule has 0 aliphatic heterocycles. The van der Waals surface area contributed by atoms with E-state index in [1.165, 1.54) is 6.92 Å². The molecule has 0 spiro atoms. The lowest BCUT2D eigenvalue weighted by Crippen LogP contribution is -2.14. The van der Waals surface area contributed by atoms with Crippen molar-refractivity contribution in [2.24, 2.45) is 0 Å². The third kappa shape index (κ3) is 23.0. The van der Waals surface area contributed by atoms with Gasteiger partial charge in [-0.05, 0) is 0 Å². The summed E-state index contributed by atoms with van der Waals surface area (Å²) in [6, 6.07) is 0. The Bertz CT molecular complexity index is 298. The average molecular weight is 364 g/mol. The summed E-state index contributed by atoms with van der Waals surface area (Å²) >= 11 is 0. The molecule has 0 aromatic carbocycles. The molecule has 0 aromatic rings. The maximum atomic E-state index is 10.5. The number of hydrogen-bond acceptors (Lipinski definition) is 8. The summed E-state index contributed by atoms with van der Waals surface area (Å²) in [5.74, 6) is -0.303. The predicted octanol–water partition coefficient (Wildman–Crippen LogP) is 0.835. The largest absolute Gasteiger partial charge is 0.463 e. The Balaban J connectivity index is 2.98. The molecule has 0 N–H and O–H groups in total. The normalized spacial score (nSPS) is 10.8. The van der Waals surface area contributed by atoms with Crippen molar-refractivity contribution in [3.05, 3.63) is 12.7 Å². The second-order valence-electron chi connectivity index (χ2n) is 4.77. The van der Waals surface area contributed by atoms with E-state index in [4.69, 9.17) is 33.2 Å². The van der Waals surface area contributed by atoms with Gasteiger partial charge in [0.25, 0.3) is 0 Å². The Hall–Kier alpha value is -1.03. The Morgan fingerprint density at radius 1 is 0.640 bits per heavy atom. The molecule has 0 rings (SSSR count). The van der Waals surface area contributed by atoms with Gasteiger partial charge in [-0.15, -0.1) is 6.58 Å². The molecule has 25 heavy (non-hydrogen) atoms. The fourth-order valence-electron chi connectivity index (χ4n) is 1.51. The van der Waals surface area contributed by atoms with Crippen LogP contribution >= 0.6 is 0 Å². The molecule has 0 aliphatic rings. The van der Waals surface area contributed by atoms with Crippen LogP contribution in [0.5, 0.6) is 0 Å². The number of rotatable bonds is 20. The van der Waals surface area contributed by atoms with E-state index >= 15 is 0 Å². The van der Waals surface area contributed by atoms with Crippen LogP contribution in [0, 0.1) is 0 Å². The molecule has 0 atom stereocenters. The highest BCUT2D eigenvalue weighted by atomic mass is 16.6. The van der Waals surface area contributed by atoms with Crippen LogP contribution in [0.3, 0.4) is 0 Å². The third-order valence-corrected chi connectivity index (χ3v) is 2.63. The smallest absolute Gasteiger partial charge is 0.302 e. The lowest BCUT2D eigenvalue weighted by molar-refractivity contribution is -0.142. The SMILES string of the molecule is C=CCOCCOCCOCCOCCOCCOCCOC(C)=O. The van der Waals surface area contributed by atoms with Gasteiger partial charge in [0, 0.05) is 6.92 Å². The average Bonchev–Trinajstić information content (AvgIpc) is 2.60. The highest BCUT2D eigenvalue weighted by Gasteiger charge is 1.95. The first-order chi connectivity index (χ1) is 12.3. The Labute approximate surface area is 150 Å². The molecule has 0 aliphatic carbocycles. The van der Waals surface area contributed by atoms with Gasteiger partial charge in [0.1, 0.15) is 6.61 Å². The van der Waals surface area contributed by atoms with Gasteiger partial charge in [0.15, 0.2) is 0 Å². The summed E-state index contributed by atoms with van der Waals surface area (Å²) in [6.07, 6.45) is 1.70. The molecule has 8 heteroatoms. The fourth-order valence-corrected chi connectivity index (χ4v) is 1.51. The summed E-state index contributed by atoms with van der Waals surface area (Å²) in [5, 5.41) is 0. The summed E-state index contributed by atoms with van der Waals surface area (Å²) < 4.78 is 36.5. The third-order valence-electron chi connectivity index (χ3n) is 2.63. The van der Waals surface area contributed by atoms with E-state index in [1.807, 2.05) is 0 Å². The predicted molar refractivity (Wildman–Crippen MR) is 91.7 cm³/mol. The molecule has 0 unspecified atom stereocenters. The van der Waals surface area contributed by atoms with E-state index in [0.717, 1.165) is 0 Å². The molecule has 0 fully saturated rings. The first-order valence-corrected chi connectivity index (χ1v) is 8.48. The second-order valence-corrected chi connectivity index (χ2v) is 4.77. The van der Waals surface area contributed by atoms with E-state index < -0.39 is 0 Å². The highest BCUT2D eigenvalue weighted by molar-refractivity contribution is 5.65. The number of hydrogen-bond donors (Lipinski definition) is 0. The van der Waals surface area contributed by atoms with E-state index in [0.29, 0.717) is 79.3 Å². The van der Waals surface area contributed by atoms with Crippen molar-refractivity contribution in [3.8, 4) is 0 Å². The summed E-state index contributed by atoms with van der Waals surface area (Å²) in [7, 11) is 0. The zero-order valence-corrected chi connectivity index (χ0v) is 15.2. The fraction of sp³-hybridized carbons (Fsp3) is 0.824. The minimum absolute atomic E-state index is 0.270. The van der Waals surface area contributed by atoms with Crippen molar-refractivity contribution in [2.45, 2.75) is 6.92 Å². The molecule has 0 amide bonds. The zero-order valence-electron chi connectivity index (χ0n) is 15.2. The second kappa shape index (κ2) is 21.0. The highest BCUT2D eigenvalue weighted by Crippen LogP contribution is 1.85. The van der Waals surface area contributed by atoms with Gasteiger partial charge in [-0.2, -0.15) is 0 Å². The van der Waals surface area contributed by atoms with Crippen molar-refractivity contribution in [2.75, 3.05) is 85.9 Å². The number of ether oxygens (including phenoxy) is 7. The molecule has 0 heterocycles. The van der Waals surface area contributed by atoms with E-state index in [9.17, 15) is 4.79 Å². The molecular weight excluding hydrogens is 332 g/mol. The monoisotopic (exact) mass is 364 g/mol. The first kappa shape index (κ1) is 24.0. The van der Waals surface area contributed by atoms with Crippen molar-refractivity contribution in [3.63, 3.8) is 0 Å². The van der Waals surface area contributed by atoms with Gasteiger partial charge in [0.05, 0.1) is 79.3 Å². The van der Waals surface area contributed by atoms with Crippen molar-refractivity contribution in [1.82, 2.24) is 0 Å². The number of esters is 1. The summed E-state index contributed by atoms with van der Waals surface area (Å²) in [4.78, 5) is 10.5. The Kier molecular flexibility index (Phi) is 20.1. The minimum atomic E-state index is -0.303. The van der Waals surface area contributed by atoms with Gasteiger partial charge in [-0.25, -0.2) is 0 Å². The molecule has 0 bridgehead atoms. The van der Waals surface area contributed by atoms with Crippen LogP contribution in [0.4, 0.5) is 0 Å². The molecule has 148 valence electrons. The summed E-state index contributed by atoms with van der Waals surface area (Å²) in [5.41, 5.74) is 0. The van der Waals surface area contributed by atoms with Gasteiger partial charge >= 0.3 is 5.97 Å². The molecular formula is C17H32O8. The maximum Gasteiger partial charge on any atom is 0.302 e. The lowest BCUT2D eigenvalue weighted by atomic mass is 10.6. The van der Waals surface area contributed by atoms with Crippen LogP contribution in [0.25, 0.3) is 0 Å². The standard InChI is InChI=1S/C17H32O8/c1-3-4-19-5-6-20-7-8-21-9-10-22-11-12-23-13-14-24-15-16-25-17(2)18/h3H,1,4-16H2,2H3. The van der Waals surface area contributed by atoms with Crippen LogP contribution in [-0.2, 0) is 38.0 Å². The Morgan fingerprint density at radius 3 is 1.28 bits per heavy atom. The molecule has 0 aromatic heterocycles. The van der Waals surface area contributed by atoms with E-state index in [2.05, 4.69) is 6.58 Å².